The molecule has 4 rings (SSSR count). The monoisotopic (exact) mass is 571 g/mol. The van der Waals surface area contributed by atoms with Crippen LogP contribution in [0.15, 0.2) is 71.8 Å². The van der Waals surface area contributed by atoms with Crippen LogP contribution >= 0.6 is 58.2 Å². The fraction of sp³-hybridized carbons (Fsp3) is 0.0741. The zero-order valence-electron chi connectivity index (χ0n) is 18.8. The lowest BCUT2D eigenvalue weighted by Gasteiger charge is -2.13. The molecule has 0 atom stereocenters. The lowest BCUT2D eigenvalue weighted by molar-refractivity contribution is -0.113. The van der Waals surface area contributed by atoms with Gasteiger partial charge in [-0.05, 0) is 42.8 Å². The molecule has 0 radical (unpaired) electrons. The Labute approximate surface area is 233 Å². The van der Waals surface area contributed by atoms with Crippen LogP contribution < -0.4 is 5.32 Å². The summed E-state index contributed by atoms with van der Waals surface area (Å²) >= 11 is 25.6. The summed E-state index contributed by atoms with van der Waals surface area (Å²) in [6.07, 6.45) is 0. The molecule has 9 heteroatoms. The number of aryl methyl sites for hydroxylation is 1. The second kappa shape index (κ2) is 11.6. The smallest absolute Gasteiger partial charge is 0.234 e. The van der Waals surface area contributed by atoms with Crippen LogP contribution in [-0.4, -0.2) is 16.6 Å². The van der Waals surface area contributed by atoms with Gasteiger partial charge in [-0.15, -0.1) is 0 Å². The van der Waals surface area contributed by atoms with E-state index in [0.717, 1.165) is 28.5 Å². The lowest BCUT2D eigenvalue weighted by atomic mass is 9.99. The maximum Gasteiger partial charge on any atom is 0.234 e. The first kappa shape index (κ1) is 26.3. The van der Waals surface area contributed by atoms with E-state index in [1.807, 2.05) is 49.4 Å². The minimum absolute atomic E-state index is 0.0195. The van der Waals surface area contributed by atoms with Gasteiger partial charge in [-0.25, -0.2) is 4.98 Å². The molecule has 0 aliphatic carbocycles. The highest BCUT2D eigenvalue weighted by Crippen LogP contribution is 2.36. The van der Waals surface area contributed by atoms with E-state index in [9.17, 15) is 10.1 Å². The number of carbonyl (C=O) groups excluding carboxylic acids is 1. The fourth-order valence-corrected chi connectivity index (χ4v) is 5.27. The van der Waals surface area contributed by atoms with Gasteiger partial charge in [0.1, 0.15) is 11.1 Å². The van der Waals surface area contributed by atoms with E-state index in [0.29, 0.717) is 31.9 Å². The number of nitriles is 1. The molecule has 0 bridgehead atoms. The molecule has 36 heavy (non-hydrogen) atoms. The van der Waals surface area contributed by atoms with Gasteiger partial charge in [0.25, 0.3) is 0 Å². The first-order chi connectivity index (χ1) is 17.2. The third-order valence-corrected chi connectivity index (χ3v) is 7.25. The number of amides is 1. The number of nitrogens with zero attached hydrogens (tertiary/aromatic N) is 2. The molecule has 0 saturated heterocycles. The van der Waals surface area contributed by atoms with Crippen molar-refractivity contribution in [3.05, 3.63) is 97.9 Å². The van der Waals surface area contributed by atoms with E-state index < -0.39 is 0 Å². The Bertz CT molecular complexity index is 1460. The van der Waals surface area contributed by atoms with Gasteiger partial charge in [0.05, 0.1) is 32.7 Å². The van der Waals surface area contributed by atoms with E-state index in [-0.39, 0.29) is 27.4 Å². The minimum Gasteiger partial charge on any atom is -0.323 e. The van der Waals surface area contributed by atoms with Crippen molar-refractivity contribution in [2.24, 2.45) is 0 Å². The topological polar surface area (TPSA) is 65.8 Å². The predicted molar refractivity (Wildman–Crippen MR) is 150 cm³/mol. The van der Waals surface area contributed by atoms with Crippen molar-refractivity contribution in [1.29, 1.82) is 5.26 Å². The van der Waals surface area contributed by atoms with Crippen LogP contribution in [0.1, 0.15) is 11.1 Å². The Morgan fingerprint density at radius 2 is 1.53 bits per heavy atom. The number of halogens is 4. The van der Waals surface area contributed by atoms with Gasteiger partial charge >= 0.3 is 0 Å². The van der Waals surface area contributed by atoms with E-state index >= 15 is 0 Å². The first-order valence-corrected chi connectivity index (χ1v) is 13.1. The fourth-order valence-electron chi connectivity index (χ4n) is 3.43. The molecule has 1 N–H and O–H groups in total. The standard InChI is InChI=1S/C27H17Cl4N3OS/c1-15-2-4-17(5-3-15)24-12-20(16-6-8-18(28)9-7-16)21(13-32)27(33-24)36-14-25(35)34-26-22(30)10-19(29)11-23(26)31/h2-12H,14H2,1H3,(H,34,35). The summed E-state index contributed by atoms with van der Waals surface area (Å²) in [5.74, 6) is -0.375. The summed E-state index contributed by atoms with van der Waals surface area (Å²) in [6, 6.07) is 22.3. The molecule has 0 unspecified atom stereocenters. The molecular weight excluding hydrogens is 556 g/mol. The number of hydrogen-bond acceptors (Lipinski definition) is 4. The summed E-state index contributed by atoms with van der Waals surface area (Å²) in [6.45, 7) is 2.01. The summed E-state index contributed by atoms with van der Waals surface area (Å²) in [4.78, 5) is 17.5. The summed E-state index contributed by atoms with van der Waals surface area (Å²) in [7, 11) is 0. The molecule has 0 fully saturated rings. The van der Waals surface area contributed by atoms with Crippen LogP contribution in [0.25, 0.3) is 22.4 Å². The SMILES string of the molecule is Cc1ccc(-c2cc(-c3ccc(Cl)cc3)c(C#N)c(SCC(=O)Nc3c(Cl)cc(Cl)cc3Cl)n2)cc1. The van der Waals surface area contributed by atoms with Gasteiger partial charge < -0.3 is 5.32 Å². The van der Waals surface area contributed by atoms with Crippen molar-refractivity contribution in [1.82, 2.24) is 4.98 Å². The van der Waals surface area contributed by atoms with Crippen LogP contribution in [0.4, 0.5) is 5.69 Å². The van der Waals surface area contributed by atoms with Crippen molar-refractivity contribution in [3.8, 4) is 28.5 Å². The molecule has 4 aromatic rings. The van der Waals surface area contributed by atoms with Crippen molar-refractivity contribution in [3.63, 3.8) is 0 Å². The largest absolute Gasteiger partial charge is 0.323 e. The molecule has 0 spiro atoms. The third kappa shape index (κ3) is 6.15. The summed E-state index contributed by atoms with van der Waals surface area (Å²) in [5, 5.41) is 14.6. The predicted octanol–water partition coefficient (Wildman–Crippen LogP) is 8.94. The maximum absolute atomic E-state index is 12.8. The highest BCUT2D eigenvalue weighted by molar-refractivity contribution is 8.00. The second-order valence-electron chi connectivity index (χ2n) is 7.80. The zero-order chi connectivity index (χ0) is 25.8. The molecule has 3 aromatic carbocycles. The van der Waals surface area contributed by atoms with E-state index in [1.165, 1.54) is 12.1 Å². The molecule has 1 amide bonds. The molecule has 1 heterocycles. The Morgan fingerprint density at radius 3 is 2.14 bits per heavy atom. The number of pyridine rings is 1. The van der Waals surface area contributed by atoms with Gasteiger partial charge in [0.15, 0.2) is 0 Å². The number of hydrogen-bond donors (Lipinski definition) is 1. The normalized spacial score (nSPS) is 10.7. The van der Waals surface area contributed by atoms with E-state index in [1.54, 1.807) is 12.1 Å². The number of carbonyl (C=O) groups is 1. The number of aromatic nitrogens is 1. The van der Waals surface area contributed by atoms with Gasteiger partial charge in [-0.3, -0.25) is 4.79 Å². The number of rotatable bonds is 6. The number of anilines is 1. The lowest BCUT2D eigenvalue weighted by Crippen LogP contribution is -2.15. The highest BCUT2D eigenvalue weighted by Gasteiger charge is 2.18. The van der Waals surface area contributed by atoms with Crippen molar-refractivity contribution >= 4 is 69.8 Å². The number of nitrogens with one attached hydrogen (secondary N) is 1. The Balaban J connectivity index is 1.69. The summed E-state index contributed by atoms with van der Waals surface area (Å²) < 4.78 is 0. The zero-order valence-corrected chi connectivity index (χ0v) is 22.6. The van der Waals surface area contributed by atoms with Gasteiger partial charge in [0.2, 0.25) is 5.91 Å². The molecule has 180 valence electrons. The molecule has 0 aliphatic rings. The quantitative estimate of drug-likeness (QED) is 0.234. The van der Waals surface area contributed by atoms with Gasteiger partial charge in [0, 0.05) is 21.2 Å². The average molecular weight is 573 g/mol. The van der Waals surface area contributed by atoms with E-state index in [2.05, 4.69) is 11.4 Å². The van der Waals surface area contributed by atoms with Gasteiger partial charge in [-0.2, -0.15) is 5.26 Å². The Morgan fingerprint density at radius 1 is 0.917 bits per heavy atom. The van der Waals surface area contributed by atoms with Crippen LogP contribution in [-0.2, 0) is 4.79 Å². The molecular formula is C27H17Cl4N3OS. The van der Waals surface area contributed by atoms with Crippen molar-refractivity contribution in [2.45, 2.75) is 11.9 Å². The number of thioether (sulfide) groups is 1. The van der Waals surface area contributed by atoms with E-state index in [4.69, 9.17) is 51.4 Å². The third-order valence-electron chi connectivity index (χ3n) is 5.21. The van der Waals surface area contributed by atoms with Crippen LogP contribution in [0.5, 0.6) is 0 Å². The molecule has 1 aromatic heterocycles. The molecule has 4 nitrogen and oxygen atoms in total. The second-order valence-corrected chi connectivity index (χ2v) is 10.5. The van der Waals surface area contributed by atoms with Crippen LogP contribution in [0, 0.1) is 18.3 Å². The highest BCUT2D eigenvalue weighted by atomic mass is 35.5. The number of benzene rings is 3. The van der Waals surface area contributed by atoms with Crippen molar-refractivity contribution < 1.29 is 4.79 Å². The Kier molecular flexibility index (Phi) is 8.46. The molecule has 0 saturated carbocycles. The van der Waals surface area contributed by atoms with Crippen molar-refractivity contribution in [2.75, 3.05) is 11.1 Å². The minimum atomic E-state index is -0.356. The summed E-state index contributed by atoms with van der Waals surface area (Å²) in [5.41, 5.74) is 4.86. The van der Waals surface area contributed by atoms with Crippen LogP contribution in [0.2, 0.25) is 20.1 Å². The maximum atomic E-state index is 12.8. The average Bonchev–Trinajstić information content (AvgIpc) is 2.85. The Hall–Kier alpha value is -2.72. The van der Waals surface area contributed by atoms with Crippen LogP contribution in [0.3, 0.4) is 0 Å². The molecule has 0 aliphatic heterocycles. The van der Waals surface area contributed by atoms with Gasteiger partial charge in [-0.1, -0.05) is 100 Å². The first-order valence-electron chi connectivity index (χ1n) is 10.6.